The lowest BCUT2D eigenvalue weighted by Gasteiger charge is -2.08. The first-order chi connectivity index (χ1) is 12.2. The molecule has 0 fully saturated rings. The molecule has 2 heterocycles. The molecule has 25 heavy (non-hydrogen) atoms. The van der Waals surface area contributed by atoms with Crippen molar-refractivity contribution in [3.05, 3.63) is 71.7 Å². The van der Waals surface area contributed by atoms with E-state index in [9.17, 15) is 10.0 Å². The van der Waals surface area contributed by atoms with Crippen LogP contribution in [0.4, 0.5) is 5.69 Å². The first-order valence-corrected chi connectivity index (χ1v) is 7.66. The normalized spacial score (nSPS) is 10.9. The summed E-state index contributed by atoms with van der Waals surface area (Å²) in [5.41, 5.74) is 2.22. The maximum absolute atomic E-state index is 12.8. The highest BCUT2D eigenvalue weighted by Crippen LogP contribution is 2.37. The zero-order valence-electron chi connectivity index (χ0n) is 13.4. The highest BCUT2D eigenvalue weighted by atomic mass is 16.5. The highest BCUT2D eigenvalue weighted by molar-refractivity contribution is 6.20. The molecule has 124 valence electrons. The van der Waals surface area contributed by atoms with Crippen molar-refractivity contribution in [3.8, 4) is 5.75 Å². The fraction of sp³-hybridized carbons (Fsp3) is 0.0526. The van der Waals surface area contributed by atoms with Crippen LogP contribution < -0.4 is 14.8 Å². The van der Waals surface area contributed by atoms with E-state index in [4.69, 9.17) is 9.15 Å². The lowest BCUT2D eigenvalue weighted by Crippen LogP contribution is -2.24. The van der Waals surface area contributed by atoms with Crippen LogP contribution in [0.5, 0.6) is 5.75 Å². The number of amides is 1. The van der Waals surface area contributed by atoms with Gasteiger partial charge in [-0.15, -0.1) is 0 Å². The SMILES string of the molecule is COc1ccc(C(=O)Nc2cc[n+]([O-])cc2)c2c1oc1ccccc12. The Hall–Kier alpha value is -3.54. The van der Waals surface area contributed by atoms with Crippen LogP contribution in [0.15, 0.2) is 65.3 Å². The van der Waals surface area contributed by atoms with Gasteiger partial charge in [0.1, 0.15) is 5.58 Å². The fourth-order valence-corrected chi connectivity index (χ4v) is 2.85. The summed E-state index contributed by atoms with van der Waals surface area (Å²) in [5, 5.41) is 15.4. The number of methoxy groups -OCH3 is 1. The van der Waals surface area contributed by atoms with Crippen molar-refractivity contribution in [2.45, 2.75) is 0 Å². The number of fused-ring (bicyclic) bond motifs is 3. The van der Waals surface area contributed by atoms with Gasteiger partial charge in [0, 0.05) is 22.9 Å². The molecule has 0 radical (unpaired) electrons. The molecular weight excluding hydrogens is 320 g/mol. The predicted octanol–water partition coefficient (Wildman–Crippen LogP) is 3.48. The van der Waals surface area contributed by atoms with Crippen molar-refractivity contribution in [2.24, 2.45) is 0 Å². The van der Waals surface area contributed by atoms with Crippen LogP contribution in [0.3, 0.4) is 0 Å². The summed E-state index contributed by atoms with van der Waals surface area (Å²) in [6.07, 6.45) is 2.65. The van der Waals surface area contributed by atoms with E-state index in [0.29, 0.717) is 38.3 Å². The summed E-state index contributed by atoms with van der Waals surface area (Å²) in [4.78, 5) is 12.8. The number of benzene rings is 2. The summed E-state index contributed by atoms with van der Waals surface area (Å²) < 4.78 is 11.9. The van der Waals surface area contributed by atoms with Gasteiger partial charge in [-0.3, -0.25) is 4.79 Å². The van der Waals surface area contributed by atoms with Gasteiger partial charge in [0.2, 0.25) is 0 Å². The van der Waals surface area contributed by atoms with Crippen molar-refractivity contribution in [1.82, 2.24) is 0 Å². The summed E-state index contributed by atoms with van der Waals surface area (Å²) in [5.74, 6) is 0.276. The largest absolute Gasteiger partial charge is 0.619 e. The molecule has 1 N–H and O–H groups in total. The van der Waals surface area contributed by atoms with Crippen molar-refractivity contribution < 1.29 is 18.7 Å². The highest BCUT2D eigenvalue weighted by Gasteiger charge is 2.19. The van der Waals surface area contributed by atoms with E-state index in [1.807, 2.05) is 24.3 Å². The van der Waals surface area contributed by atoms with Gasteiger partial charge in [0.25, 0.3) is 5.91 Å². The number of anilines is 1. The van der Waals surface area contributed by atoms with E-state index < -0.39 is 0 Å². The number of carbonyl (C=O) groups excluding carboxylic acids is 1. The Bertz CT molecular complexity index is 1080. The number of rotatable bonds is 3. The average molecular weight is 334 g/mol. The van der Waals surface area contributed by atoms with Gasteiger partial charge in [0.05, 0.1) is 18.4 Å². The number of para-hydroxylation sites is 1. The molecule has 0 atom stereocenters. The van der Waals surface area contributed by atoms with Gasteiger partial charge in [-0.1, -0.05) is 18.2 Å². The molecule has 0 spiro atoms. The van der Waals surface area contributed by atoms with E-state index in [1.54, 1.807) is 31.4 Å². The second kappa shape index (κ2) is 5.83. The number of aromatic nitrogens is 1. The molecule has 2 aromatic carbocycles. The maximum Gasteiger partial charge on any atom is 0.256 e. The molecule has 0 saturated heterocycles. The molecular formula is C19H14N2O4. The van der Waals surface area contributed by atoms with Crippen LogP contribution in [0.25, 0.3) is 21.9 Å². The molecule has 0 unspecified atom stereocenters. The van der Waals surface area contributed by atoms with E-state index >= 15 is 0 Å². The van der Waals surface area contributed by atoms with Crippen LogP contribution in [0.1, 0.15) is 10.4 Å². The second-order valence-electron chi connectivity index (χ2n) is 5.52. The summed E-state index contributed by atoms with van der Waals surface area (Å²) in [7, 11) is 1.56. The standard InChI is InChI=1S/C19H14N2O4/c1-24-16-7-6-14(19(22)20-12-8-10-21(23)11-9-12)17-13-4-2-3-5-15(13)25-18(16)17/h2-11H,1H3,(H,20,22). The Kier molecular flexibility index (Phi) is 3.50. The predicted molar refractivity (Wildman–Crippen MR) is 93.6 cm³/mol. The van der Waals surface area contributed by atoms with Crippen molar-refractivity contribution in [1.29, 1.82) is 0 Å². The van der Waals surface area contributed by atoms with E-state index in [2.05, 4.69) is 5.32 Å². The maximum atomic E-state index is 12.8. The zero-order valence-corrected chi connectivity index (χ0v) is 13.4. The Morgan fingerprint density at radius 3 is 2.64 bits per heavy atom. The lowest BCUT2D eigenvalue weighted by molar-refractivity contribution is -0.605. The third kappa shape index (κ3) is 2.53. The Labute approximate surface area is 142 Å². The molecule has 4 aromatic rings. The minimum atomic E-state index is -0.289. The number of hydrogen-bond acceptors (Lipinski definition) is 4. The summed E-state index contributed by atoms with van der Waals surface area (Å²) in [6.45, 7) is 0. The van der Waals surface area contributed by atoms with E-state index in [0.717, 1.165) is 5.39 Å². The molecule has 0 saturated carbocycles. The molecule has 0 aliphatic heterocycles. The topological polar surface area (TPSA) is 78.4 Å². The molecule has 0 bridgehead atoms. The number of pyridine rings is 1. The number of hydrogen-bond donors (Lipinski definition) is 1. The smallest absolute Gasteiger partial charge is 0.256 e. The third-order valence-corrected chi connectivity index (χ3v) is 4.01. The van der Waals surface area contributed by atoms with Crippen LogP contribution >= 0.6 is 0 Å². The Morgan fingerprint density at radius 1 is 1.12 bits per heavy atom. The minimum Gasteiger partial charge on any atom is -0.619 e. The van der Waals surface area contributed by atoms with Crippen LogP contribution in [-0.2, 0) is 0 Å². The first-order valence-electron chi connectivity index (χ1n) is 7.66. The van der Waals surface area contributed by atoms with Gasteiger partial charge >= 0.3 is 0 Å². The molecule has 6 nitrogen and oxygen atoms in total. The molecule has 4 rings (SSSR count). The van der Waals surface area contributed by atoms with Crippen molar-refractivity contribution in [3.63, 3.8) is 0 Å². The van der Waals surface area contributed by atoms with Crippen molar-refractivity contribution >= 4 is 33.5 Å². The van der Waals surface area contributed by atoms with Crippen LogP contribution in [0, 0.1) is 5.21 Å². The fourth-order valence-electron chi connectivity index (χ4n) is 2.85. The Morgan fingerprint density at radius 2 is 1.88 bits per heavy atom. The minimum absolute atomic E-state index is 0.289. The summed E-state index contributed by atoms with van der Waals surface area (Å²) >= 11 is 0. The van der Waals surface area contributed by atoms with E-state index in [-0.39, 0.29) is 5.91 Å². The summed E-state index contributed by atoms with van der Waals surface area (Å²) in [6, 6.07) is 14.0. The molecule has 6 heteroatoms. The number of furan rings is 1. The molecule has 1 amide bonds. The number of carbonyl (C=O) groups is 1. The average Bonchev–Trinajstić information content (AvgIpc) is 3.02. The Balaban J connectivity index is 1.86. The van der Waals surface area contributed by atoms with Gasteiger partial charge in [-0.2, -0.15) is 4.73 Å². The second-order valence-corrected chi connectivity index (χ2v) is 5.52. The van der Waals surface area contributed by atoms with Crippen LogP contribution in [-0.4, -0.2) is 13.0 Å². The molecule has 0 aliphatic rings. The van der Waals surface area contributed by atoms with Crippen molar-refractivity contribution in [2.75, 3.05) is 12.4 Å². The first kappa shape index (κ1) is 15.0. The van der Waals surface area contributed by atoms with Gasteiger partial charge in [-0.05, 0) is 18.2 Å². The third-order valence-electron chi connectivity index (χ3n) is 4.01. The molecule has 2 aromatic heterocycles. The molecule has 0 aliphatic carbocycles. The van der Waals surface area contributed by atoms with Gasteiger partial charge < -0.3 is 19.7 Å². The van der Waals surface area contributed by atoms with Gasteiger partial charge in [-0.25, -0.2) is 0 Å². The van der Waals surface area contributed by atoms with Crippen LogP contribution in [0.2, 0.25) is 0 Å². The number of nitrogens with zero attached hydrogens (tertiary/aromatic N) is 1. The monoisotopic (exact) mass is 334 g/mol. The van der Waals surface area contributed by atoms with E-state index in [1.165, 1.54) is 12.4 Å². The quantitative estimate of drug-likeness (QED) is 0.459. The number of ether oxygens (including phenoxy) is 1. The number of nitrogens with one attached hydrogen (secondary N) is 1. The zero-order chi connectivity index (χ0) is 17.4. The van der Waals surface area contributed by atoms with Gasteiger partial charge in [0.15, 0.2) is 23.7 Å². The lowest BCUT2D eigenvalue weighted by atomic mass is 10.0.